The van der Waals surface area contributed by atoms with E-state index in [4.69, 9.17) is 9.88 Å². The third kappa shape index (κ3) is 3.55. The molecule has 5 rings (SSSR count). The topological polar surface area (TPSA) is 175 Å². The fourth-order valence-electron chi connectivity index (χ4n) is 5.00. The molecule has 3 aliphatic rings. The average Bonchev–Trinajstić information content (AvgIpc) is 3.46. The summed E-state index contributed by atoms with van der Waals surface area (Å²) in [6, 6.07) is 0.363. The third-order valence-electron chi connectivity index (χ3n) is 6.43. The van der Waals surface area contributed by atoms with E-state index in [1.54, 1.807) is 0 Å². The number of rotatable bonds is 6. The zero-order chi connectivity index (χ0) is 21.0. The number of anilines is 1. The van der Waals surface area contributed by atoms with Gasteiger partial charge in [-0.25, -0.2) is 20.1 Å². The van der Waals surface area contributed by atoms with E-state index in [0.29, 0.717) is 28.9 Å². The average molecular weight is 440 g/mol. The highest BCUT2D eigenvalue weighted by atomic mass is 32.2. The van der Waals surface area contributed by atoms with Gasteiger partial charge >= 0.3 is 10.3 Å². The summed E-state index contributed by atoms with van der Waals surface area (Å²) in [7, 11) is -4.20. The number of aromatic nitrogens is 4. The molecule has 0 radical (unpaired) electrons. The van der Waals surface area contributed by atoms with Gasteiger partial charge in [-0.05, 0) is 31.1 Å². The van der Waals surface area contributed by atoms with Gasteiger partial charge in [-0.1, -0.05) is 6.42 Å². The molecule has 3 fully saturated rings. The number of imidazole rings is 1. The lowest BCUT2D eigenvalue weighted by Gasteiger charge is -2.23. The summed E-state index contributed by atoms with van der Waals surface area (Å²) in [5, 5.41) is 29.0. The zero-order valence-electron chi connectivity index (χ0n) is 16.0. The molecule has 1 aliphatic heterocycles. The SMILES string of the molecule is NS(=O)(=O)OC[C@H]1O[C@@H](n2cnc3c(N[C@@H]4C[C@H]5CCC4C5)ncnc32)[C@H](O)[C@@H]1O. The summed E-state index contributed by atoms with van der Waals surface area (Å²) in [5.41, 5.74) is 0.967. The maximum atomic E-state index is 11.0. The minimum Gasteiger partial charge on any atom is -0.387 e. The van der Waals surface area contributed by atoms with E-state index in [9.17, 15) is 18.6 Å². The molecule has 2 saturated carbocycles. The molecule has 2 aliphatic carbocycles. The number of nitrogens with two attached hydrogens (primary N) is 1. The van der Waals surface area contributed by atoms with Gasteiger partial charge in [0.25, 0.3) is 0 Å². The van der Waals surface area contributed by atoms with Crippen molar-refractivity contribution < 1.29 is 27.6 Å². The predicted molar refractivity (Wildman–Crippen MR) is 103 cm³/mol. The van der Waals surface area contributed by atoms with Crippen LogP contribution in [0.2, 0.25) is 0 Å². The number of hydrogen-bond acceptors (Lipinski definition) is 10. The Labute approximate surface area is 172 Å². The third-order valence-corrected chi connectivity index (χ3v) is 6.89. The van der Waals surface area contributed by atoms with Crippen LogP contribution in [-0.2, 0) is 19.2 Å². The van der Waals surface area contributed by atoms with Crippen molar-refractivity contribution in [2.24, 2.45) is 17.0 Å². The summed E-state index contributed by atoms with van der Waals surface area (Å²) in [6.07, 6.45) is 2.94. The molecule has 2 bridgehead atoms. The van der Waals surface area contributed by atoms with Gasteiger partial charge in [0.15, 0.2) is 23.2 Å². The number of aliphatic hydroxyl groups is 2. The molecule has 0 amide bonds. The van der Waals surface area contributed by atoms with Crippen LogP contribution in [-0.4, -0.2) is 69.1 Å². The Balaban J connectivity index is 1.37. The molecule has 2 aromatic rings. The predicted octanol–water partition coefficient (Wildman–Crippen LogP) is -0.734. The Morgan fingerprint density at radius 2 is 2.07 bits per heavy atom. The summed E-state index contributed by atoms with van der Waals surface area (Å²) in [4.78, 5) is 13.0. The van der Waals surface area contributed by atoms with E-state index in [-0.39, 0.29) is 0 Å². The highest BCUT2D eigenvalue weighted by molar-refractivity contribution is 7.84. The van der Waals surface area contributed by atoms with Crippen LogP contribution in [0.5, 0.6) is 0 Å². The number of fused-ring (bicyclic) bond motifs is 3. The molecule has 1 unspecified atom stereocenters. The Morgan fingerprint density at radius 3 is 2.77 bits per heavy atom. The van der Waals surface area contributed by atoms with Crippen molar-refractivity contribution in [1.29, 1.82) is 0 Å². The molecular weight excluding hydrogens is 416 g/mol. The fraction of sp³-hybridized carbons (Fsp3) is 0.706. The highest BCUT2D eigenvalue weighted by Gasteiger charge is 2.45. The molecule has 164 valence electrons. The van der Waals surface area contributed by atoms with E-state index in [0.717, 1.165) is 12.3 Å². The number of ether oxygens (including phenoxy) is 1. The lowest BCUT2D eigenvalue weighted by molar-refractivity contribution is -0.0467. The van der Waals surface area contributed by atoms with Crippen molar-refractivity contribution in [1.82, 2.24) is 19.5 Å². The fourth-order valence-corrected chi connectivity index (χ4v) is 5.32. The van der Waals surface area contributed by atoms with Gasteiger partial charge in [-0.2, -0.15) is 8.42 Å². The van der Waals surface area contributed by atoms with Crippen LogP contribution in [0.15, 0.2) is 12.7 Å². The molecule has 0 aromatic carbocycles. The molecule has 1 saturated heterocycles. The van der Waals surface area contributed by atoms with Crippen LogP contribution in [0.25, 0.3) is 11.2 Å². The lowest BCUT2D eigenvalue weighted by atomic mass is 9.95. The van der Waals surface area contributed by atoms with Crippen LogP contribution in [0, 0.1) is 11.8 Å². The smallest absolute Gasteiger partial charge is 0.333 e. The van der Waals surface area contributed by atoms with Crippen LogP contribution in [0.4, 0.5) is 5.82 Å². The second-order valence-electron chi connectivity index (χ2n) is 8.30. The van der Waals surface area contributed by atoms with Crippen molar-refractivity contribution >= 4 is 27.3 Å². The minimum atomic E-state index is -4.20. The second kappa shape index (κ2) is 7.35. The van der Waals surface area contributed by atoms with Crippen molar-refractivity contribution in [3.8, 4) is 0 Å². The second-order valence-corrected chi connectivity index (χ2v) is 9.52. The molecule has 13 heteroatoms. The standard InChI is InChI=1S/C17H24N6O6S/c18-30(26,27)28-5-11-13(24)14(25)17(29-11)23-7-21-12-15(19-6-20-16(12)23)22-10-4-8-1-2-9(10)3-8/h6-11,13-14,17,24-25H,1-5H2,(H2,18,26,27)(H,19,20,22)/t8-,9?,10+,11+,13+,14+,17+/m0/s1. The van der Waals surface area contributed by atoms with Crippen LogP contribution in [0.1, 0.15) is 31.9 Å². The number of hydrogen-bond donors (Lipinski definition) is 4. The minimum absolute atomic E-state index is 0.363. The van der Waals surface area contributed by atoms with Gasteiger partial charge in [0.1, 0.15) is 24.6 Å². The van der Waals surface area contributed by atoms with Gasteiger partial charge < -0.3 is 20.3 Å². The van der Waals surface area contributed by atoms with Gasteiger partial charge in [0.2, 0.25) is 0 Å². The number of nitrogens with zero attached hydrogens (tertiary/aromatic N) is 4. The van der Waals surface area contributed by atoms with Crippen LogP contribution >= 0.6 is 0 Å². The van der Waals surface area contributed by atoms with Crippen molar-refractivity contribution in [2.75, 3.05) is 11.9 Å². The highest BCUT2D eigenvalue weighted by Crippen LogP contribution is 2.45. The quantitative estimate of drug-likeness (QED) is 0.448. The summed E-state index contributed by atoms with van der Waals surface area (Å²) < 4.78 is 33.6. The van der Waals surface area contributed by atoms with E-state index >= 15 is 0 Å². The molecule has 5 N–H and O–H groups in total. The Morgan fingerprint density at radius 1 is 1.23 bits per heavy atom. The first-order chi connectivity index (χ1) is 14.3. The largest absolute Gasteiger partial charge is 0.387 e. The first kappa shape index (κ1) is 20.0. The first-order valence-electron chi connectivity index (χ1n) is 9.93. The van der Waals surface area contributed by atoms with Crippen molar-refractivity contribution in [3.05, 3.63) is 12.7 Å². The van der Waals surface area contributed by atoms with Gasteiger partial charge in [-0.15, -0.1) is 0 Å². The van der Waals surface area contributed by atoms with Gasteiger partial charge in [0, 0.05) is 6.04 Å². The molecule has 30 heavy (non-hydrogen) atoms. The summed E-state index contributed by atoms with van der Waals surface area (Å²) in [5.74, 6) is 2.05. The zero-order valence-corrected chi connectivity index (χ0v) is 16.9. The Kier molecular flexibility index (Phi) is 4.91. The molecule has 0 spiro atoms. The lowest BCUT2D eigenvalue weighted by Crippen LogP contribution is -2.35. The molecule has 3 heterocycles. The normalized spacial score (nSPS) is 36.0. The van der Waals surface area contributed by atoms with E-state index in [1.807, 2.05) is 0 Å². The van der Waals surface area contributed by atoms with Crippen molar-refractivity contribution in [2.45, 2.75) is 56.3 Å². The van der Waals surface area contributed by atoms with E-state index < -0.39 is 41.5 Å². The Bertz CT molecular complexity index is 1050. The monoisotopic (exact) mass is 440 g/mol. The summed E-state index contributed by atoms with van der Waals surface area (Å²) in [6.45, 7) is -0.522. The molecular formula is C17H24N6O6S. The number of aliphatic hydroxyl groups excluding tert-OH is 2. The van der Waals surface area contributed by atoms with E-state index in [1.165, 1.54) is 36.5 Å². The molecule has 7 atom stereocenters. The maximum absolute atomic E-state index is 11.0. The van der Waals surface area contributed by atoms with Crippen molar-refractivity contribution in [3.63, 3.8) is 0 Å². The Hall–Kier alpha value is -1.90. The van der Waals surface area contributed by atoms with Crippen LogP contribution < -0.4 is 10.5 Å². The van der Waals surface area contributed by atoms with E-state index in [2.05, 4.69) is 24.5 Å². The maximum Gasteiger partial charge on any atom is 0.333 e. The first-order valence-corrected chi connectivity index (χ1v) is 11.4. The number of nitrogens with one attached hydrogen (secondary N) is 1. The van der Waals surface area contributed by atoms with Gasteiger partial charge in [-0.3, -0.25) is 8.75 Å². The summed E-state index contributed by atoms with van der Waals surface area (Å²) >= 11 is 0. The molecule has 2 aromatic heterocycles. The van der Waals surface area contributed by atoms with Gasteiger partial charge in [0.05, 0.1) is 12.9 Å². The van der Waals surface area contributed by atoms with Crippen LogP contribution in [0.3, 0.4) is 0 Å². The molecule has 12 nitrogen and oxygen atoms in total.